The van der Waals surface area contributed by atoms with E-state index in [9.17, 15) is 18.0 Å². The molecule has 0 radical (unpaired) electrons. The largest absolute Gasteiger partial charge is 0.390 e. The van der Waals surface area contributed by atoms with Gasteiger partial charge in [0.25, 0.3) is 0 Å². The number of carbonyl (C=O) groups excluding carboxylic acids is 1. The van der Waals surface area contributed by atoms with Crippen LogP contribution in [0.2, 0.25) is 0 Å². The van der Waals surface area contributed by atoms with Crippen molar-refractivity contribution in [3.8, 4) is 0 Å². The van der Waals surface area contributed by atoms with E-state index in [1.165, 1.54) is 11.8 Å². The number of anilines is 1. The minimum atomic E-state index is -4.49. The summed E-state index contributed by atoms with van der Waals surface area (Å²) >= 11 is 0. The van der Waals surface area contributed by atoms with Crippen LogP contribution in [0.15, 0.2) is 47.5 Å². The Kier molecular flexibility index (Phi) is 3.80. The molecule has 1 amide bonds. The van der Waals surface area contributed by atoms with Crippen LogP contribution >= 0.6 is 0 Å². The second-order valence-corrected chi connectivity index (χ2v) is 8.00. The van der Waals surface area contributed by atoms with Crippen molar-refractivity contribution in [2.45, 2.75) is 38.9 Å². The first-order chi connectivity index (χ1) is 13.0. The van der Waals surface area contributed by atoms with Crippen molar-refractivity contribution in [3.63, 3.8) is 0 Å². The van der Waals surface area contributed by atoms with Gasteiger partial charge in [-0.3, -0.25) is 9.79 Å². The topological polar surface area (TPSA) is 32.7 Å². The van der Waals surface area contributed by atoms with Gasteiger partial charge in [0.05, 0.1) is 23.2 Å². The highest BCUT2D eigenvalue weighted by Gasteiger charge is 2.71. The fraction of sp³-hybridized carbons (Fsp3) is 0.364. The Labute approximate surface area is 161 Å². The van der Waals surface area contributed by atoms with Crippen LogP contribution < -0.4 is 4.90 Å². The molecule has 0 saturated carbocycles. The second-order valence-electron chi connectivity index (χ2n) is 8.00. The number of carbonyl (C=O) groups is 1. The summed E-state index contributed by atoms with van der Waals surface area (Å²) in [5.74, 6) is -0.557. The maximum Gasteiger partial charge on any atom is 0.390 e. The summed E-state index contributed by atoms with van der Waals surface area (Å²) in [6.07, 6.45) is -5.72. The van der Waals surface area contributed by atoms with E-state index in [-0.39, 0.29) is 0 Å². The lowest BCUT2D eigenvalue weighted by molar-refractivity contribution is -0.169. The molecule has 0 N–H and O–H groups in total. The molecule has 2 aromatic carbocycles. The molecule has 2 atom stereocenters. The lowest BCUT2D eigenvalue weighted by Crippen LogP contribution is -2.56. The first kappa shape index (κ1) is 18.7. The summed E-state index contributed by atoms with van der Waals surface area (Å²) in [4.78, 5) is 19.3. The molecule has 0 saturated heterocycles. The average Bonchev–Trinajstić information content (AvgIpc) is 3.35. The van der Waals surface area contributed by atoms with Crippen LogP contribution in [0.3, 0.4) is 0 Å². The van der Waals surface area contributed by atoms with Crippen molar-refractivity contribution >= 4 is 17.3 Å². The van der Waals surface area contributed by atoms with Crippen LogP contribution in [0.1, 0.15) is 35.6 Å². The van der Waals surface area contributed by atoms with E-state index in [1.54, 1.807) is 7.05 Å². The third kappa shape index (κ3) is 2.43. The second kappa shape index (κ2) is 5.69. The molecular formula is C22H21F3N2O. The quantitative estimate of drug-likeness (QED) is 0.720. The highest BCUT2D eigenvalue weighted by atomic mass is 19.4. The predicted octanol–water partition coefficient (Wildman–Crippen LogP) is 4.94. The van der Waals surface area contributed by atoms with Gasteiger partial charge < -0.3 is 4.90 Å². The number of fused-ring (bicyclic) bond motifs is 2. The van der Waals surface area contributed by atoms with Gasteiger partial charge in [-0.15, -0.1) is 0 Å². The maximum absolute atomic E-state index is 13.6. The molecule has 28 heavy (non-hydrogen) atoms. The molecule has 1 spiro atoms. The van der Waals surface area contributed by atoms with E-state index >= 15 is 0 Å². The van der Waals surface area contributed by atoms with E-state index in [1.807, 2.05) is 56.3 Å². The van der Waals surface area contributed by atoms with Gasteiger partial charge in [-0.25, -0.2) is 0 Å². The van der Waals surface area contributed by atoms with E-state index in [2.05, 4.69) is 4.99 Å². The minimum absolute atomic E-state index is 0.549. The Balaban J connectivity index is 1.99. The predicted molar refractivity (Wildman–Crippen MR) is 103 cm³/mol. The Morgan fingerprint density at radius 3 is 2.36 bits per heavy atom. The van der Waals surface area contributed by atoms with Crippen molar-refractivity contribution in [1.82, 2.24) is 0 Å². The van der Waals surface area contributed by atoms with Crippen LogP contribution in [0.25, 0.3) is 0 Å². The highest BCUT2D eigenvalue weighted by molar-refractivity contribution is 6.24. The molecule has 3 nitrogen and oxygen atoms in total. The molecule has 2 heterocycles. The summed E-state index contributed by atoms with van der Waals surface area (Å²) in [7, 11) is 1.55. The van der Waals surface area contributed by atoms with Crippen molar-refractivity contribution in [1.29, 1.82) is 0 Å². The van der Waals surface area contributed by atoms with Gasteiger partial charge in [0.15, 0.2) is 0 Å². The maximum atomic E-state index is 13.6. The zero-order chi connectivity index (χ0) is 20.5. The molecule has 0 aliphatic carbocycles. The van der Waals surface area contributed by atoms with E-state index < -0.39 is 29.5 Å². The third-order valence-corrected chi connectivity index (χ3v) is 5.92. The van der Waals surface area contributed by atoms with E-state index in [4.69, 9.17) is 0 Å². The molecule has 2 aliphatic heterocycles. The van der Waals surface area contributed by atoms with Crippen LogP contribution in [0.4, 0.5) is 18.9 Å². The van der Waals surface area contributed by atoms with Gasteiger partial charge in [-0.1, -0.05) is 48.0 Å². The first-order valence-electron chi connectivity index (χ1n) is 9.14. The smallest absolute Gasteiger partial charge is 0.314 e. The number of aliphatic imine (C=N–C) groups is 1. The Morgan fingerprint density at radius 1 is 1.11 bits per heavy atom. The molecule has 0 fully saturated rings. The molecule has 6 heteroatoms. The number of hydrogen-bond donors (Lipinski definition) is 0. The van der Waals surface area contributed by atoms with Gasteiger partial charge in [-0.05, 0) is 31.9 Å². The number of aryl methyl sites for hydroxylation is 2. The number of benzene rings is 2. The summed E-state index contributed by atoms with van der Waals surface area (Å²) in [5.41, 5.74) is 1.39. The minimum Gasteiger partial charge on any atom is -0.314 e. The molecule has 0 bridgehead atoms. The lowest BCUT2D eigenvalue weighted by atomic mass is 9.62. The zero-order valence-electron chi connectivity index (χ0n) is 16.2. The van der Waals surface area contributed by atoms with Crippen molar-refractivity contribution < 1.29 is 18.0 Å². The zero-order valence-corrected chi connectivity index (χ0v) is 16.2. The summed E-state index contributed by atoms with van der Waals surface area (Å²) in [6, 6.07) is 13.0. The van der Waals surface area contributed by atoms with Gasteiger partial charge >= 0.3 is 6.18 Å². The van der Waals surface area contributed by atoms with Crippen LogP contribution in [-0.4, -0.2) is 24.8 Å². The van der Waals surface area contributed by atoms with Crippen molar-refractivity contribution in [2.75, 3.05) is 11.9 Å². The molecule has 4 rings (SSSR count). The van der Waals surface area contributed by atoms with Gasteiger partial charge in [0.2, 0.25) is 5.91 Å². The summed E-state index contributed by atoms with van der Waals surface area (Å²) in [5, 5.41) is 0. The van der Waals surface area contributed by atoms with Gasteiger partial charge in [0.1, 0.15) is 5.54 Å². The Morgan fingerprint density at radius 2 is 1.75 bits per heavy atom. The Hall–Kier alpha value is -2.63. The first-order valence-corrected chi connectivity index (χ1v) is 9.14. The highest BCUT2D eigenvalue weighted by Crippen LogP contribution is 2.63. The summed E-state index contributed by atoms with van der Waals surface area (Å²) < 4.78 is 40.8. The fourth-order valence-corrected chi connectivity index (χ4v) is 4.79. The molecule has 2 aromatic rings. The third-order valence-electron chi connectivity index (χ3n) is 5.92. The van der Waals surface area contributed by atoms with Crippen LogP contribution in [-0.2, 0) is 10.3 Å². The molecule has 2 aliphatic rings. The molecule has 146 valence electrons. The van der Waals surface area contributed by atoms with Crippen molar-refractivity contribution in [3.05, 3.63) is 64.7 Å². The summed E-state index contributed by atoms with van der Waals surface area (Å²) in [6.45, 7) is 5.18. The van der Waals surface area contributed by atoms with Gasteiger partial charge in [-0.2, -0.15) is 13.2 Å². The number of alkyl halides is 3. The lowest BCUT2D eigenvalue weighted by Gasteiger charge is -2.46. The van der Waals surface area contributed by atoms with Crippen molar-refractivity contribution in [2.24, 2.45) is 10.4 Å². The number of halogens is 3. The molecular weight excluding hydrogens is 365 g/mol. The van der Waals surface area contributed by atoms with Crippen LogP contribution in [0.5, 0.6) is 0 Å². The number of nitrogens with zero attached hydrogens (tertiary/aromatic N) is 2. The Bertz CT molecular complexity index is 1010. The standard InChI is InChI=1S/C22H21F3N2O/c1-13-10-14(2)17-16(11-13)22(18(26-22)15-8-6-5-7-9-15)20(3,12-21(23,24)25)19(28)27(17)4/h5-11H,12H2,1-4H3/t20-,22+/m1/s1. The molecule has 0 aromatic heterocycles. The normalized spacial score (nSPS) is 26.3. The number of amides is 1. The van der Waals surface area contributed by atoms with E-state index in [0.29, 0.717) is 17.0 Å². The molecule has 0 unspecified atom stereocenters. The number of hydrogen-bond acceptors (Lipinski definition) is 2. The van der Waals surface area contributed by atoms with Gasteiger partial charge in [0, 0.05) is 12.6 Å². The SMILES string of the molecule is Cc1cc(C)c2c(c1)[C@@]1(N=C1c1ccccc1)[C@](C)(CC(F)(F)F)C(=O)N2C. The number of rotatable bonds is 2. The average molecular weight is 386 g/mol. The fourth-order valence-electron chi connectivity index (χ4n) is 4.79. The van der Waals surface area contributed by atoms with Crippen LogP contribution in [0, 0.1) is 19.3 Å². The monoisotopic (exact) mass is 386 g/mol. The van der Waals surface area contributed by atoms with E-state index in [0.717, 1.165) is 16.7 Å².